The van der Waals surface area contributed by atoms with Crippen LogP contribution in [0.5, 0.6) is 5.75 Å². The van der Waals surface area contributed by atoms with Gasteiger partial charge in [-0.3, -0.25) is 14.9 Å². The summed E-state index contributed by atoms with van der Waals surface area (Å²) < 4.78 is 0. The Morgan fingerprint density at radius 2 is 1.60 bits per heavy atom. The van der Waals surface area contributed by atoms with Gasteiger partial charge >= 0.3 is 0 Å². The molecule has 3 aromatic carbocycles. The van der Waals surface area contributed by atoms with Crippen molar-refractivity contribution in [2.24, 2.45) is 0 Å². The number of aromatic hydroxyl groups is 1. The van der Waals surface area contributed by atoms with E-state index in [1.165, 1.54) is 24.3 Å². The van der Waals surface area contributed by atoms with Gasteiger partial charge in [0.15, 0.2) is 0 Å². The Hall–Kier alpha value is -3.67. The van der Waals surface area contributed by atoms with Crippen molar-refractivity contribution in [3.8, 4) is 16.9 Å². The van der Waals surface area contributed by atoms with E-state index in [0.29, 0.717) is 22.4 Å². The van der Waals surface area contributed by atoms with Crippen molar-refractivity contribution in [2.45, 2.75) is 0 Å². The topological polar surface area (TPSA) is 92.5 Å². The molecule has 6 heteroatoms. The van der Waals surface area contributed by atoms with Crippen LogP contribution in [0.15, 0.2) is 72.8 Å². The number of hydrogen-bond acceptors (Lipinski definition) is 4. The van der Waals surface area contributed by atoms with E-state index >= 15 is 0 Å². The first kappa shape index (κ1) is 16.2. The average molecular weight is 334 g/mol. The van der Waals surface area contributed by atoms with Crippen LogP contribution in [0.3, 0.4) is 0 Å². The van der Waals surface area contributed by atoms with Gasteiger partial charge in [0.05, 0.1) is 10.5 Å². The summed E-state index contributed by atoms with van der Waals surface area (Å²) in [4.78, 5) is 23.2. The molecule has 0 radical (unpaired) electrons. The highest BCUT2D eigenvalue weighted by Gasteiger charge is 2.19. The molecule has 0 aliphatic heterocycles. The number of hydrogen-bond donors (Lipinski definition) is 2. The fourth-order valence-electron chi connectivity index (χ4n) is 2.51. The number of para-hydroxylation sites is 1. The monoisotopic (exact) mass is 334 g/mol. The minimum atomic E-state index is -0.498. The van der Waals surface area contributed by atoms with Crippen LogP contribution in [0, 0.1) is 10.1 Å². The minimum absolute atomic E-state index is 0.0501. The second-order valence-corrected chi connectivity index (χ2v) is 5.32. The molecular weight excluding hydrogens is 320 g/mol. The van der Waals surface area contributed by atoms with Crippen LogP contribution in [0.2, 0.25) is 0 Å². The lowest BCUT2D eigenvalue weighted by molar-refractivity contribution is -0.384. The van der Waals surface area contributed by atoms with Gasteiger partial charge in [0.1, 0.15) is 5.75 Å². The molecule has 0 aliphatic rings. The highest BCUT2D eigenvalue weighted by molar-refractivity contribution is 6.06. The fraction of sp³-hybridized carbons (Fsp3) is 0. The molecule has 0 aliphatic carbocycles. The van der Waals surface area contributed by atoms with E-state index in [9.17, 15) is 20.0 Å². The number of nitrogens with zero attached hydrogens (tertiary/aromatic N) is 1. The lowest BCUT2D eigenvalue weighted by Crippen LogP contribution is -2.12. The molecule has 3 rings (SSSR count). The van der Waals surface area contributed by atoms with E-state index < -0.39 is 4.92 Å². The molecule has 0 unspecified atom stereocenters. The van der Waals surface area contributed by atoms with E-state index in [0.717, 1.165) is 0 Å². The number of amides is 1. The third-order valence-electron chi connectivity index (χ3n) is 3.68. The molecular formula is C19H14N2O4. The molecule has 0 fully saturated rings. The van der Waals surface area contributed by atoms with Crippen molar-refractivity contribution in [3.63, 3.8) is 0 Å². The number of phenols is 1. The average Bonchev–Trinajstić information content (AvgIpc) is 2.64. The molecule has 0 bridgehead atoms. The number of nitro benzene ring substituents is 1. The third kappa shape index (κ3) is 3.48. The predicted octanol–water partition coefficient (Wildman–Crippen LogP) is 4.22. The van der Waals surface area contributed by atoms with E-state index in [2.05, 4.69) is 5.32 Å². The zero-order chi connectivity index (χ0) is 17.8. The Balaban J connectivity index is 2.06. The van der Waals surface area contributed by atoms with E-state index in [1.807, 2.05) is 0 Å². The minimum Gasteiger partial charge on any atom is -0.508 e. The first-order valence-electron chi connectivity index (χ1n) is 7.49. The molecule has 124 valence electrons. The fourth-order valence-corrected chi connectivity index (χ4v) is 2.51. The molecule has 0 heterocycles. The maximum Gasteiger partial charge on any atom is 0.277 e. The predicted molar refractivity (Wildman–Crippen MR) is 94.6 cm³/mol. The molecule has 0 saturated carbocycles. The number of phenolic OH excluding ortho intramolecular Hbond substituents is 1. The first-order valence-corrected chi connectivity index (χ1v) is 7.49. The summed E-state index contributed by atoms with van der Waals surface area (Å²) in [5, 5.41) is 23.8. The zero-order valence-corrected chi connectivity index (χ0v) is 13.0. The lowest BCUT2D eigenvalue weighted by atomic mass is 10.0. The van der Waals surface area contributed by atoms with Gasteiger partial charge < -0.3 is 10.4 Å². The standard InChI is InChI=1S/C19H14N2O4/c22-14-10-11-17(20-19(23)13-6-2-1-3-7-13)16(12-14)15-8-4-5-9-18(15)21(24)25/h1-12,22H,(H,20,23). The molecule has 0 spiro atoms. The molecule has 6 nitrogen and oxygen atoms in total. The number of benzene rings is 3. The van der Waals surface area contributed by atoms with Gasteiger partial charge in [-0.05, 0) is 36.4 Å². The van der Waals surface area contributed by atoms with E-state index in [-0.39, 0.29) is 17.3 Å². The van der Waals surface area contributed by atoms with Crippen LogP contribution in [-0.2, 0) is 0 Å². The lowest BCUT2D eigenvalue weighted by Gasteiger charge is -2.12. The highest BCUT2D eigenvalue weighted by atomic mass is 16.6. The van der Waals surface area contributed by atoms with Crippen LogP contribution >= 0.6 is 0 Å². The first-order chi connectivity index (χ1) is 12.1. The highest BCUT2D eigenvalue weighted by Crippen LogP contribution is 2.37. The van der Waals surface area contributed by atoms with Gasteiger partial charge in [-0.1, -0.05) is 30.3 Å². The number of nitro groups is 1. The third-order valence-corrected chi connectivity index (χ3v) is 3.68. The van der Waals surface area contributed by atoms with Gasteiger partial charge in [0, 0.05) is 22.9 Å². The number of anilines is 1. The summed E-state index contributed by atoms with van der Waals surface area (Å²) in [5.41, 5.74) is 1.41. The van der Waals surface area contributed by atoms with Crippen LogP contribution in [0.25, 0.3) is 11.1 Å². The van der Waals surface area contributed by atoms with Crippen LogP contribution < -0.4 is 5.32 Å². The van der Waals surface area contributed by atoms with Crippen molar-refractivity contribution in [1.29, 1.82) is 0 Å². The number of carbonyl (C=O) groups excluding carboxylic acids is 1. The van der Waals surface area contributed by atoms with Crippen molar-refractivity contribution >= 4 is 17.3 Å². The summed E-state index contributed by atoms with van der Waals surface area (Å²) in [6, 6.07) is 19.1. The number of rotatable bonds is 4. The summed E-state index contributed by atoms with van der Waals surface area (Å²) in [5.74, 6) is -0.392. The molecule has 2 N–H and O–H groups in total. The van der Waals surface area contributed by atoms with Gasteiger partial charge in [-0.15, -0.1) is 0 Å². The van der Waals surface area contributed by atoms with Crippen LogP contribution in [0.4, 0.5) is 11.4 Å². The van der Waals surface area contributed by atoms with Gasteiger partial charge in [-0.2, -0.15) is 0 Å². The van der Waals surface area contributed by atoms with Gasteiger partial charge in [-0.25, -0.2) is 0 Å². The molecule has 1 amide bonds. The zero-order valence-electron chi connectivity index (χ0n) is 13.0. The SMILES string of the molecule is O=C(Nc1ccc(O)cc1-c1ccccc1[N+](=O)[O-])c1ccccc1. The molecule has 3 aromatic rings. The van der Waals surface area contributed by atoms with Crippen LogP contribution in [-0.4, -0.2) is 15.9 Å². The normalized spacial score (nSPS) is 10.2. The van der Waals surface area contributed by atoms with Crippen molar-refractivity contribution in [1.82, 2.24) is 0 Å². The molecule has 0 atom stereocenters. The van der Waals surface area contributed by atoms with Crippen molar-refractivity contribution in [3.05, 3.63) is 88.5 Å². The van der Waals surface area contributed by atoms with Crippen LogP contribution in [0.1, 0.15) is 10.4 Å². The van der Waals surface area contributed by atoms with Crippen molar-refractivity contribution in [2.75, 3.05) is 5.32 Å². The van der Waals surface area contributed by atoms with E-state index in [1.54, 1.807) is 48.5 Å². The summed E-state index contributed by atoms with van der Waals surface area (Å²) >= 11 is 0. The molecule has 25 heavy (non-hydrogen) atoms. The second-order valence-electron chi connectivity index (χ2n) is 5.32. The largest absolute Gasteiger partial charge is 0.508 e. The smallest absolute Gasteiger partial charge is 0.277 e. The Morgan fingerprint density at radius 3 is 2.32 bits per heavy atom. The second kappa shape index (κ2) is 6.84. The maximum atomic E-state index is 12.4. The van der Waals surface area contributed by atoms with Crippen molar-refractivity contribution < 1.29 is 14.8 Å². The quantitative estimate of drug-likeness (QED) is 0.424. The Kier molecular flexibility index (Phi) is 4.43. The Bertz CT molecular complexity index is 939. The molecule has 0 aromatic heterocycles. The Labute approximate surface area is 143 Å². The molecule has 0 saturated heterocycles. The number of carbonyl (C=O) groups is 1. The van der Waals surface area contributed by atoms with Gasteiger partial charge in [0.25, 0.3) is 11.6 Å². The van der Waals surface area contributed by atoms with Gasteiger partial charge in [0.2, 0.25) is 0 Å². The maximum absolute atomic E-state index is 12.4. The summed E-state index contributed by atoms with van der Waals surface area (Å²) in [6.45, 7) is 0. The summed E-state index contributed by atoms with van der Waals surface area (Å²) in [6.07, 6.45) is 0. The summed E-state index contributed by atoms with van der Waals surface area (Å²) in [7, 11) is 0. The Morgan fingerprint density at radius 1 is 0.920 bits per heavy atom. The van der Waals surface area contributed by atoms with E-state index in [4.69, 9.17) is 0 Å². The number of nitrogens with one attached hydrogen (secondary N) is 1.